The summed E-state index contributed by atoms with van der Waals surface area (Å²) in [6, 6.07) is 17.5. The van der Waals surface area contributed by atoms with Crippen molar-refractivity contribution in [2.45, 2.75) is 6.92 Å². The van der Waals surface area contributed by atoms with Gasteiger partial charge in [-0.3, -0.25) is 9.78 Å². The minimum atomic E-state index is 0.0123. The van der Waals surface area contributed by atoms with Crippen LogP contribution in [0.1, 0.15) is 21.6 Å². The fourth-order valence-electron chi connectivity index (χ4n) is 2.10. The topological polar surface area (TPSA) is 30.0 Å². The number of carbonyl (C=O) groups is 1. The highest BCUT2D eigenvalue weighted by Gasteiger charge is 2.09. The molecule has 0 saturated carbocycles. The number of hydrogen-bond donors (Lipinski definition) is 0. The molecule has 0 aliphatic heterocycles. The molecule has 1 aromatic heterocycles. The number of hydrogen-bond acceptors (Lipinski definition) is 2. The number of aryl methyl sites for hydroxylation is 1. The lowest BCUT2D eigenvalue weighted by atomic mass is 10.0. The van der Waals surface area contributed by atoms with E-state index in [4.69, 9.17) is 0 Å². The maximum Gasteiger partial charge on any atom is 0.194 e. The molecule has 0 fully saturated rings. The van der Waals surface area contributed by atoms with E-state index in [1.165, 1.54) is 0 Å². The number of aromatic nitrogens is 1. The third-order valence-corrected chi connectivity index (χ3v) is 3.19. The minimum Gasteiger partial charge on any atom is -0.289 e. The maximum atomic E-state index is 12.4. The summed E-state index contributed by atoms with van der Waals surface area (Å²) in [7, 11) is 0. The van der Waals surface area contributed by atoms with Crippen molar-refractivity contribution in [1.29, 1.82) is 0 Å². The molecule has 0 N–H and O–H groups in total. The standard InChI is InChI=1S/C17H13NO/c1-12-6-7-16(11-18-12)17(19)15-9-8-13-4-2-3-5-14(13)10-15/h2-11H,1H3. The van der Waals surface area contributed by atoms with Crippen LogP contribution in [0.5, 0.6) is 0 Å². The zero-order valence-electron chi connectivity index (χ0n) is 10.6. The summed E-state index contributed by atoms with van der Waals surface area (Å²) in [5, 5.41) is 2.22. The Kier molecular flexibility index (Phi) is 2.84. The lowest BCUT2D eigenvalue weighted by molar-refractivity contribution is 0.103. The number of nitrogens with zero attached hydrogens (tertiary/aromatic N) is 1. The Balaban J connectivity index is 2.04. The van der Waals surface area contributed by atoms with Crippen LogP contribution in [0.25, 0.3) is 10.8 Å². The van der Waals surface area contributed by atoms with Gasteiger partial charge in [-0.1, -0.05) is 36.4 Å². The molecule has 3 rings (SSSR count). The minimum absolute atomic E-state index is 0.0123. The molecule has 0 aliphatic carbocycles. The van der Waals surface area contributed by atoms with Crippen LogP contribution in [-0.4, -0.2) is 10.8 Å². The van der Waals surface area contributed by atoms with Crippen LogP contribution in [-0.2, 0) is 0 Å². The Hall–Kier alpha value is -2.48. The van der Waals surface area contributed by atoms with Gasteiger partial charge in [0, 0.05) is 23.0 Å². The van der Waals surface area contributed by atoms with E-state index in [0.717, 1.165) is 16.5 Å². The molecule has 2 aromatic carbocycles. The van der Waals surface area contributed by atoms with Gasteiger partial charge in [0.15, 0.2) is 5.78 Å². The number of carbonyl (C=O) groups excluding carboxylic acids is 1. The zero-order chi connectivity index (χ0) is 13.2. The molecule has 2 heteroatoms. The van der Waals surface area contributed by atoms with E-state index in [-0.39, 0.29) is 5.78 Å². The van der Waals surface area contributed by atoms with E-state index in [2.05, 4.69) is 4.98 Å². The van der Waals surface area contributed by atoms with Gasteiger partial charge in [0.1, 0.15) is 0 Å². The molecule has 92 valence electrons. The molecule has 0 spiro atoms. The average Bonchev–Trinajstić information content (AvgIpc) is 2.47. The van der Waals surface area contributed by atoms with Crippen molar-refractivity contribution in [3.8, 4) is 0 Å². The third-order valence-electron chi connectivity index (χ3n) is 3.19. The zero-order valence-corrected chi connectivity index (χ0v) is 10.6. The molecule has 0 unspecified atom stereocenters. The molecule has 0 radical (unpaired) electrons. The highest BCUT2D eigenvalue weighted by molar-refractivity contribution is 6.10. The van der Waals surface area contributed by atoms with Crippen LogP contribution >= 0.6 is 0 Å². The Morgan fingerprint density at radius 1 is 0.895 bits per heavy atom. The summed E-state index contributed by atoms with van der Waals surface area (Å²) >= 11 is 0. The number of rotatable bonds is 2. The average molecular weight is 247 g/mol. The monoisotopic (exact) mass is 247 g/mol. The smallest absolute Gasteiger partial charge is 0.194 e. The summed E-state index contributed by atoms with van der Waals surface area (Å²) in [5.41, 5.74) is 2.24. The van der Waals surface area contributed by atoms with Crippen LogP contribution in [0.3, 0.4) is 0 Å². The van der Waals surface area contributed by atoms with E-state index in [1.54, 1.807) is 6.20 Å². The van der Waals surface area contributed by atoms with Crippen LogP contribution in [0, 0.1) is 6.92 Å². The molecule has 2 nitrogen and oxygen atoms in total. The number of ketones is 1. The van der Waals surface area contributed by atoms with E-state index in [0.29, 0.717) is 11.1 Å². The first-order valence-corrected chi connectivity index (χ1v) is 6.20. The highest BCUT2D eigenvalue weighted by Crippen LogP contribution is 2.18. The van der Waals surface area contributed by atoms with Crippen molar-refractivity contribution in [3.05, 3.63) is 77.6 Å². The predicted octanol–water partition coefficient (Wildman–Crippen LogP) is 3.77. The van der Waals surface area contributed by atoms with Crippen LogP contribution in [0.2, 0.25) is 0 Å². The molecule has 0 aliphatic rings. The van der Waals surface area contributed by atoms with Crippen LogP contribution < -0.4 is 0 Å². The van der Waals surface area contributed by atoms with Gasteiger partial charge in [0.25, 0.3) is 0 Å². The first kappa shape index (κ1) is 11.6. The largest absolute Gasteiger partial charge is 0.289 e. The van der Waals surface area contributed by atoms with Gasteiger partial charge in [-0.05, 0) is 35.9 Å². The Morgan fingerprint density at radius 3 is 2.37 bits per heavy atom. The molecule has 0 amide bonds. The van der Waals surface area contributed by atoms with Crippen molar-refractivity contribution in [3.63, 3.8) is 0 Å². The molecule has 0 saturated heterocycles. The van der Waals surface area contributed by atoms with Crippen molar-refractivity contribution < 1.29 is 4.79 Å². The van der Waals surface area contributed by atoms with E-state index < -0.39 is 0 Å². The number of fused-ring (bicyclic) bond motifs is 1. The molecule has 1 heterocycles. The van der Waals surface area contributed by atoms with Gasteiger partial charge in [-0.25, -0.2) is 0 Å². The summed E-state index contributed by atoms with van der Waals surface area (Å²) in [4.78, 5) is 16.5. The van der Waals surface area contributed by atoms with Crippen molar-refractivity contribution in [1.82, 2.24) is 4.98 Å². The van der Waals surface area contributed by atoms with E-state index in [9.17, 15) is 4.79 Å². The first-order valence-electron chi connectivity index (χ1n) is 6.20. The lowest BCUT2D eigenvalue weighted by Crippen LogP contribution is -2.02. The van der Waals surface area contributed by atoms with Gasteiger partial charge in [0.05, 0.1) is 0 Å². The molecule has 19 heavy (non-hydrogen) atoms. The highest BCUT2D eigenvalue weighted by atomic mass is 16.1. The quantitative estimate of drug-likeness (QED) is 0.645. The van der Waals surface area contributed by atoms with Gasteiger partial charge < -0.3 is 0 Å². The second-order valence-corrected chi connectivity index (χ2v) is 4.58. The van der Waals surface area contributed by atoms with Crippen LogP contribution in [0.4, 0.5) is 0 Å². The molecule has 0 atom stereocenters. The molecular formula is C17H13NO. The van der Waals surface area contributed by atoms with Crippen molar-refractivity contribution in [2.75, 3.05) is 0 Å². The molecule has 0 bridgehead atoms. The summed E-state index contributed by atoms with van der Waals surface area (Å²) < 4.78 is 0. The van der Waals surface area contributed by atoms with Crippen LogP contribution in [0.15, 0.2) is 60.8 Å². The van der Waals surface area contributed by atoms with Crippen molar-refractivity contribution >= 4 is 16.6 Å². The lowest BCUT2D eigenvalue weighted by Gasteiger charge is -2.03. The number of benzene rings is 2. The second kappa shape index (κ2) is 4.65. The maximum absolute atomic E-state index is 12.4. The van der Waals surface area contributed by atoms with Gasteiger partial charge >= 0.3 is 0 Å². The third kappa shape index (κ3) is 2.25. The SMILES string of the molecule is Cc1ccc(C(=O)c2ccc3ccccc3c2)cn1. The fraction of sp³-hybridized carbons (Fsp3) is 0.0588. The predicted molar refractivity (Wildman–Crippen MR) is 76.4 cm³/mol. The van der Waals surface area contributed by atoms with E-state index >= 15 is 0 Å². The fourth-order valence-corrected chi connectivity index (χ4v) is 2.10. The second-order valence-electron chi connectivity index (χ2n) is 4.58. The summed E-state index contributed by atoms with van der Waals surface area (Å²) in [6.45, 7) is 1.91. The summed E-state index contributed by atoms with van der Waals surface area (Å²) in [5.74, 6) is 0.0123. The number of pyridine rings is 1. The van der Waals surface area contributed by atoms with Gasteiger partial charge in [-0.2, -0.15) is 0 Å². The van der Waals surface area contributed by atoms with E-state index in [1.807, 2.05) is 61.5 Å². The normalized spacial score (nSPS) is 10.6. The molecular weight excluding hydrogens is 234 g/mol. The Bertz CT molecular complexity index is 745. The van der Waals surface area contributed by atoms with Gasteiger partial charge in [-0.15, -0.1) is 0 Å². The van der Waals surface area contributed by atoms with Gasteiger partial charge in [0.2, 0.25) is 0 Å². The Labute approximate surface area is 111 Å². The summed E-state index contributed by atoms with van der Waals surface area (Å²) in [6.07, 6.45) is 1.63. The first-order chi connectivity index (χ1) is 9.24. The van der Waals surface area contributed by atoms with Crippen molar-refractivity contribution in [2.24, 2.45) is 0 Å². The Morgan fingerprint density at radius 2 is 1.63 bits per heavy atom. The molecule has 3 aromatic rings.